The zero-order valence-corrected chi connectivity index (χ0v) is 8.23. The van der Waals surface area contributed by atoms with Gasteiger partial charge in [-0.2, -0.15) is 0 Å². The summed E-state index contributed by atoms with van der Waals surface area (Å²) in [5.74, 6) is 0.270. The Balaban J connectivity index is 1.96. The molecule has 0 aliphatic carbocycles. The van der Waals surface area contributed by atoms with Crippen LogP contribution >= 0.6 is 0 Å². The van der Waals surface area contributed by atoms with Gasteiger partial charge >= 0.3 is 0 Å². The molecule has 76 valence electrons. The van der Waals surface area contributed by atoms with Crippen molar-refractivity contribution in [3.8, 4) is 0 Å². The van der Waals surface area contributed by atoms with Crippen LogP contribution in [0, 0.1) is 5.92 Å². The van der Waals surface area contributed by atoms with Gasteiger partial charge in [0.2, 0.25) is 0 Å². The molecule has 1 aromatic rings. The fourth-order valence-electron chi connectivity index (χ4n) is 1.95. The van der Waals surface area contributed by atoms with Gasteiger partial charge in [-0.05, 0) is 24.8 Å². The molecular weight excluding hydrogens is 176 g/mol. The Morgan fingerprint density at radius 3 is 2.79 bits per heavy atom. The summed E-state index contributed by atoms with van der Waals surface area (Å²) >= 11 is 0. The molecule has 0 bridgehead atoms. The van der Waals surface area contributed by atoms with Crippen molar-refractivity contribution in [3.63, 3.8) is 0 Å². The summed E-state index contributed by atoms with van der Waals surface area (Å²) in [4.78, 5) is 0. The molecule has 1 N–H and O–H groups in total. The van der Waals surface area contributed by atoms with Crippen molar-refractivity contribution < 1.29 is 9.84 Å². The molecule has 1 aromatic carbocycles. The van der Waals surface area contributed by atoms with E-state index in [1.54, 1.807) is 0 Å². The lowest BCUT2D eigenvalue weighted by molar-refractivity contribution is -0.158. The molecule has 0 radical (unpaired) electrons. The topological polar surface area (TPSA) is 29.5 Å². The lowest BCUT2D eigenvalue weighted by Gasteiger charge is -2.27. The highest BCUT2D eigenvalue weighted by Gasteiger charge is 2.23. The van der Waals surface area contributed by atoms with Gasteiger partial charge in [-0.15, -0.1) is 0 Å². The number of hydrogen-bond donors (Lipinski definition) is 1. The van der Waals surface area contributed by atoms with Gasteiger partial charge in [-0.25, -0.2) is 0 Å². The quantitative estimate of drug-likeness (QED) is 0.776. The van der Waals surface area contributed by atoms with Gasteiger partial charge in [0.15, 0.2) is 6.29 Å². The van der Waals surface area contributed by atoms with E-state index in [1.807, 2.05) is 18.2 Å². The van der Waals surface area contributed by atoms with Crippen LogP contribution in [0.2, 0.25) is 0 Å². The van der Waals surface area contributed by atoms with E-state index in [0.717, 1.165) is 19.3 Å². The summed E-state index contributed by atoms with van der Waals surface area (Å²) in [5.41, 5.74) is 1.28. The van der Waals surface area contributed by atoms with Gasteiger partial charge < -0.3 is 9.84 Å². The second-order valence-electron chi connectivity index (χ2n) is 3.85. The third kappa shape index (κ3) is 2.34. The van der Waals surface area contributed by atoms with Crippen molar-refractivity contribution in [3.05, 3.63) is 35.9 Å². The molecule has 2 rings (SSSR count). The molecule has 14 heavy (non-hydrogen) atoms. The molecule has 2 unspecified atom stereocenters. The first-order chi connectivity index (χ1) is 6.86. The van der Waals surface area contributed by atoms with E-state index >= 15 is 0 Å². The second kappa shape index (κ2) is 4.58. The highest BCUT2D eigenvalue weighted by molar-refractivity contribution is 5.15. The van der Waals surface area contributed by atoms with E-state index in [4.69, 9.17) is 4.74 Å². The number of aliphatic hydroxyl groups excluding tert-OH is 1. The molecule has 1 saturated heterocycles. The molecule has 0 saturated carbocycles. The Bertz CT molecular complexity index is 271. The van der Waals surface area contributed by atoms with Crippen LogP contribution in [-0.2, 0) is 11.2 Å². The van der Waals surface area contributed by atoms with E-state index in [-0.39, 0.29) is 5.92 Å². The molecule has 1 aliphatic rings. The van der Waals surface area contributed by atoms with Crippen LogP contribution in [0.25, 0.3) is 0 Å². The molecule has 2 heteroatoms. The van der Waals surface area contributed by atoms with Crippen LogP contribution in [0.5, 0.6) is 0 Å². The van der Waals surface area contributed by atoms with Gasteiger partial charge in [0.05, 0.1) is 0 Å². The third-order valence-corrected chi connectivity index (χ3v) is 2.75. The Morgan fingerprint density at radius 2 is 2.07 bits per heavy atom. The minimum Gasteiger partial charge on any atom is -0.368 e. The summed E-state index contributed by atoms with van der Waals surface area (Å²) in [7, 11) is 0. The SMILES string of the molecule is OC1OCCCC1Cc1ccccc1. The van der Waals surface area contributed by atoms with Gasteiger partial charge in [0.1, 0.15) is 0 Å². The van der Waals surface area contributed by atoms with Crippen molar-refractivity contribution in [1.29, 1.82) is 0 Å². The van der Waals surface area contributed by atoms with Crippen molar-refractivity contribution in [2.24, 2.45) is 5.92 Å². The van der Waals surface area contributed by atoms with E-state index in [2.05, 4.69) is 12.1 Å². The molecule has 1 heterocycles. The number of rotatable bonds is 2. The Labute approximate surface area is 84.5 Å². The maximum Gasteiger partial charge on any atom is 0.157 e. The largest absolute Gasteiger partial charge is 0.368 e. The molecule has 0 spiro atoms. The van der Waals surface area contributed by atoms with E-state index < -0.39 is 6.29 Å². The minimum absolute atomic E-state index is 0.270. The van der Waals surface area contributed by atoms with Crippen LogP contribution in [0.3, 0.4) is 0 Å². The highest BCUT2D eigenvalue weighted by atomic mass is 16.6. The number of hydrogen-bond acceptors (Lipinski definition) is 2. The average molecular weight is 192 g/mol. The summed E-state index contributed by atoms with van der Waals surface area (Å²) < 4.78 is 5.22. The summed E-state index contributed by atoms with van der Waals surface area (Å²) in [6.07, 6.45) is 2.48. The smallest absolute Gasteiger partial charge is 0.157 e. The maximum absolute atomic E-state index is 9.61. The summed E-state index contributed by atoms with van der Waals surface area (Å²) in [6.45, 7) is 0.701. The molecule has 2 nitrogen and oxygen atoms in total. The predicted octanol–water partition coefficient (Wildman–Crippen LogP) is 1.97. The van der Waals surface area contributed by atoms with Gasteiger partial charge in [-0.3, -0.25) is 0 Å². The van der Waals surface area contributed by atoms with Crippen molar-refractivity contribution in [1.82, 2.24) is 0 Å². The second-order valence-corrected chi connectivity index (χ2v) is 3.85. The van der Waals surface area contributed by atoms with Gasteiger partial charge in [0, 0.05) is 12.5 Å². The normalized spacial score (nSPS) is 27.5. The molecule has 1 aliphatic heterocycles. The molecule has 0 aromatic heterocycles. The van der Waals surface area contributed by atoms with Crippen LogP contribution in [0.4, 0.5) is 0 Å². The van der Waals surface area contributed by atoms with Crippen molar-refractivity contribution in [2.75, 3.05) is 6.61 Å². The molecule has 0 amide bonds. The van der Waals surface area contributed by atoms with Crippen molar-refractivity contribution >= 4 is 0 Å². The summed E-state index contributed by atoms with van der Waals surface area (Å²) in [6, 6.07) is 10.3. The van der Waals surface area contributed by atoms with Crippen LogP contribution in [0.1, 0.15) is 18.4 Å². The lowest BCUT2D eigenvalue weighted by Crippen LogP contribution is -2.30. The predicted molar refractivity (Wildman–Crippen MR) is 54.8 cm³/mol. The zero-order chi connectivity index (χ0) is 9.80. The first-order valence-electron chi connectivity index (χ1n) is 5.20. The highest BCUT2D eigenvalue weighted by Crippen LogP contribution is 2.22. The Kier molecular flexibility index (Phi) is 3.17. The fraction of sp³-hybridized carbons (Fsp3) is 0.500. The van der Waals surface area contributed by atoms with E-state index in [1.165, 1.54) is 5.56 Å². The number of aliphatic hydroxyl groups is 1. The lowest BCUT2D eigenvalue weighted by atomic mass is 9.93. The van der Waals surface area contributed by atoms with Gasteiger partial charge in [0.25, 0.3) is 0 Å². The average Bonchev–Trinajstić information content (AvgIpc) is 2.23. The zero-order valence-electron chi connectivity index (χ0n) is 8.23. The Morgan fingerprint density at radius 1 is 1.29 bits per heavy atom. The van der Waals surface area contributed by atoms with Gasteiger partial charge in [-0.1, -0.05) is 30.3 Å². The minimum atomic E-state index is -0.566. The number of benzene rings is 1. The molecular formula is C12H16O2. The van der Waals surface area contributed by atoms with Crippen LogP contribution < -0.4 is 0 Å². The monoisotopic (exact) mass is 192 g/mol. The van der Waals surface area contributed by atoms with Crippen molar-refractivity contribution in [2.45, 2.75) is 25.6 Å². The Hall–Kier alpha value is -0.860. The summed E-state index contributed by atoms with van der Waals surface area (Å²) in [5, 5.41) is 9.61. The third-order valence-electron chi connectivity index (χ3n) is 2.75. The van der Waals surface area contributed by atoms with Crippen LogP contribution in [-0.4, -0.2) is 18.0 Å². The molecule has 2 atom stereocenters. The van der Waals surface area contributed by atoms with E-state index in [0.29, 0.717) is 6.61 Å². The fourth-order valence-corrected chi connectivity index (χ4v) is 1.95. The standard InChI is InChI=1S/C12H16O2/c13-12-11(7-4-8-14-12)9-10-5-2-1-3-6-10/h1-3,5-6,11-13H,4,7-9H2. The first-order valence-corrected chi connectivity index (χ1v) is 5.20. The van der Waals surface area contributed by atoms with Crippen LogP contribution in [0.15, 0.2) is 30.3 Å². The number of ether oxygens (including phenoxy) is 1. The first kappa shape index (κ1) is 9.69. The molecule has 1 fully saturated rings. The van der Waals surface area contributed by atoms with E-state index in [9.17, 15) is 5.11 Å². The maximum atomic E-state index is 9.61.